The first kappa shape index (κ1) is 15.2. The van der Waals surface area contributed by atoms with Gasteiger partial charge in [0.1, 0.15) is 0 Å². The smallest absolute Gasteiger partial charge is 0.0994 e. The van der Waals surface area contributed by atoms with Gasteiger partial charge in [-0.05, 0) is 6.42 Å². The number of unbranched alkanes of at least 4 members (excludes halogenated alkanes) is 7. The molecule has 0 saturated heterocycles. The lowest BCUT2D eigenvalue weighted by molar-refractivity contribution is 0.526. The predicted octanol–water partition coefficient (Wildman–Crippen LogP) is 3.35. The number of hydrogen-bond acceptors (Lipinski definition) is 3. The zero-order valence-electron chi connectivity index (χ0n) is 11.9. The number of nitrogens with zero attached hydrogens (tertiary/aromatic N) is 3. The van der Waals surface area contributed by atoms with Crippen molar-refractivity contribution in [2.24, 2.45) is 12.8 Å². The van der Waals surface area contributed by atoms with Crippen LogP contribution in [-0.2, 0) is 7.05 Å². The van der Waals surface area contributed by atoms with Crippen molar-refractivity contribution in [1.82, 2.24) is 15.0 Å². The molecule has 1 rings (SSSR count). The van der Waals surface area contributed by atoms with Gasteiger partial charge in [-0.25, -0.2) is 0 Å². The molecule has 104 valence electrons. The third kappa shape index (κ3) is 6.15. The fourth-order valence-corrected chi connectivity index (χ4v) is 2.18. The van der Waals surface area contributed by atoms with Crippen LogP contribution in [0.2, 0.25) is 0 Å². The molecule has 2 N–H and O–H groups in total. The van der Waals surface area contributed by atoms with Crippen LogP contribution in [0.1, 0.15) is 76.4 Å². The normalized spacial score (nSPS) is 12.8. The van der Waals surface area contributed by atoms with Crippen molar-refractivity contribution in [3.63, 3.8) is 0 Å². The SMILES string of the molecule is CCCCCCCCCCC(N)c1cnn(C)n1. The van der Waals surface area contributed by atoms with Crippen molar-refractivity contribution in [3.05, 3.63) is 11.9 Å². The van der Waals surface area contributed by atoms with Gasteiger partial charge in [-0.3, -0.25) is 0 Å². The first-order chi connectivity index (χ1) is 8.74. The third-order valence-corrected chi connectivity index (χ3v) is 3.37. The maximum Gasteiger partial charge on any atom is 0.0994 e. The van der Waals surface area contributed by atoms with Crippen LogP contribution >= 0.6 is 0 Å². The molecule has 1 aromatic rings. The Kier molecular flexibility index (Phi) is 7.65. The molecular weight excluding hydrogens is 224 g/mol. The molecule has 0 aliphatic rings. The zero-order valence-corrected chi connectivity index (χ0v) is 11.9. The molecule has 0 fully saturated rings. The van der Waals surface area contributed by atoms with E-state index in [1.807, 2.05) is 7.05 Å². The summed E-state index contributed by atoms with van der Waals surface area (Å²) in [4.78, 5) is 1.57. The molecule has 0 aromatic carbocycles. The standard InChI is InChI=1S/C14H28N4/c1-3-4-5-6-7-8-9-10-11-13(15)14-12-16-18(2)17-14/h12-13H,3-11,15H2,1-2H3. The monoisotopic (exact) mass is 252 g/mol. The van der Waals surface area contributed by atoms with Crippen molar-refractivity contribution in [2.45, 2.75) is 70.8 Å². The molecule has 1 unspecified atom stereocenters. The summed E-state index contributed by atoms with van der Waals surface area (Å²) in [6.45, 7) is 2.26. The van der Waals surface area contributed by atoms with Gasteiger partial charge < -0.3 is 5.73 Å². The largest absolute Gasteiger partial charge is 0.323 e. The van der Waals surface area contributed by atoms with Crippen molar-refractivity contribution in [3.8, 4) is 0 Å². The Bertz CT molecular complexity index is 308. The van der Waals surface area contributed by atoms with E-state index in [9.17, 15) is 0 Å². The van der Waals surface area contributed by atoms with Crippen molar-refractivity contribution in [1.29, 1.82) is 0 Å². The number of hydrogen-bond donors (Lipinski definition) is 1. The maximum atomic E-state index is 6.07. The molecule has 1 atom stereocenters. The Morgan fingerprint density at radius 1 is 1.11 bits per heavy atom. The summed E-state index contributed by atoms with van der Waals surface area (Å²) in [6.07, 6.45) is 13.5. The molecule has 0 aliphatic heterocycles. The topological polar surface area (TPSA) is 56.7 Å². The Hall–Kier alpha value is -0.900. The fraction of sp³-hybridized carbons (Fsp3) is 0.857. The summed E-state index contributed by atoms with van der Waals surface area (Å²) in [5, 5.41) is 8.29. The lowest BCUT2D eigenvalue weighted by Gasteiger charge is -2.07. The summed E-state index contributed by atoms with van der Waals surface area (Å²) in [7, 11) is 1.83. The molecule has 0 bridgehead atoms. The van der Waals surface area contributed by atoms with Crippen LogP contribution < -0.4 is 5.73 Å². The molecule has 1 aromatic heterocycles. The average Bonchev–Trinajstić information content (AvgIpc) is 2.79. The second-order valence-corrected chi connectivity index (χ2v) is 5.13. The highest BCUT2D eigenvalue weighted by molar-refractivity contribution is 4.98. The Labute approximate surface area is 111 Å². The zero-order chi connectivity index (χ0) is 13.2. The summed E-state index contributed by atoms with van der Waals surface area (Å²) >= 11 is 0. The Balaban J connectivity index is 1.97. The quantitative estimate of drug-likeness (QED) is 0.650. The van der Waals surface area contributed by atoms with E-state index >= 15 is 0 Å². The van der Waals surface area contributed by atoms with E-state index in [0.29, 0.717) is 0 Å². The fourth-order valence-electron chi connectivity index (χ4n) is 2.18. The van der Waals surface area contributed by atoms with Crippen molar-refractivity contribution >= 4 is 0 Å². The number of aryl methyl sites for hydroxylation is 1. The number of rotatable bonds is 10. The first-order valence-corrected chi connectivity index (χ1v) is 7.36. The highest BCUT2D eigenvalue weighted by atomic mass is 15.4. The van der Waals surface area contributed by atoms with Gasteiger partial charge in [-0.1, -0.05) is 58.3 Å². The highest BCUT2D eigenvalue weighted by Crippen LogP contribution is 2.16. The summed E-state index contributed by atoms with van der Waals surface area (Å²) in [6, 6.07) is 0.0544. The molecule has 0 saturated carbocycles. The van der Waals surface area contributed by atoms with Crippen molar-refractivity contribution in [2.75, 3.05) is 0 Å². The predicted molar refractivity (Wildman–Crippen MR) is 75.2 cm³/mol. The van der Waals surface area contributed by atoms with E-state index in [1.165, 1.54) is 51.4 Å². The lowest BCUT2D eigenvalue weighted by atomic mass is 10.0. The molecule has 4 nitrogen and oxygen atoms in total. The van der Waals surface area contributed by atoms with Gasteiger partial charge in [0.15, 0.2) is 0 Å². The third-order valence-electron chi connectivity index (χ3n) is 3.37. The van der Waals surface area contributed by atoms with Gasteiger partial charge in [0.2, 0.25) is 0 Å². The molecule has 0 radical (unpaired) electrons. The van der Waals surface area contributed by atoms with Gasteiger partial charge >= 0.3 is 0 Å². The average molecular weight is 252 g/mol. The molecule has 0 aliphatic carbocycles. The number of nitrogens with two attached hydrogens (primary N) is 1. The lowest BCUT2D eigenvalue weighted by Crippen LogP contribution is -2.11. The van der Waals surface area contributed by atoms with E-state index < -0.39 is 0 Å². The minimum absolute atomic E-state index is 0.0544. The van der Waals surface area contributed by atoms with E-state index in [2.05, 4.69) is 17.1 Å². The Morgan fingerprint density at radius 3 is 2.28 bits per heavy atom. The second-order valence-electron chi connectivity index (χ2n) is 5.13. The van der Waals surface area contributed by atoms with Crippen LogP contribution in [0.5, 0.6) is 0 Å². The van der Waals surface area contributed by atoms with Gasteiger partial charge in [-0.2, -0.15) is 15.0 Å². The maximum absolute atomic E-state index is 6.07. The van der Waals surface area contributed by atoms with Crippen LogP contribution in [-0.4, -0.2) is 15.0 Å². The van der Waals surface area contributed by atoms with Crippen LogP contribution in [0.25, 0.3) is 0 Å². The minimum atomic E-state index is 0.0544. The van der Waals surface area contributed by atoms with Crippen LogP contribution in [0.3, 0.4) is 0 Å². The molecule has 18 heavy (non-hydrogen) atoms. The van der Waals surface area contributed by atoms with E-state index in [0.717, 1.165) is 12.1 Å². The van der Waals surface area contributed by atoms with Gasteiger partial charge in [0.05, 0.1) is 17.9 Å². The molecular formula is C14H28N4. The van der Waals surface area contributed by atoms with Crippen LogP contribution in [0, 0.1) is 0 Å². The van der Waals surface area contributed by atoms with Gasteiger partial charge in [0.25, 0.3) is 0 Å². The van der Waals surface area contributed by atoms with Gasteiger partial charge in [0, 0.05) is 7.05 Å². The minimum Gasteiger partial charge on any atom is -0.323 e. The number of aromatic nitrogens is 3. The first-order valence-electron chi connectivity index (χ1n) is 7.36. The Morgan fingerprint density at radius 2 is 1.72 bits per heavy atom. The summed E-state index contributed by atoms with van der Waals surface area (Å²) in [5.74, 6) is 0. The molecule has 0 spiro atoms. The summed E-state index contributed by atoms with van der Waals surface area (Å²) in [5.41, 5.74) is 6.99. The van der Waals surface area contributed by atoms with Crippen LogP contribution in [0.4, 0.5) is 0 Å². The van der Waals surface area contributed by atoms with E-state index in [1.54, 1.807) is 11.0 Å². The van der Waals surface area contributed by atoms with Crippen LogP contribution in [0.15, 0.2) is 6.20 Å². The van der Waals surface area contributed by atoms with Gasteiger partial charge in [-0.15, -0.1) is 0 Å². The van der Waals surface area contributed by atoms with E-state index in [-0.39, 0.29) is 6.04 Å². The second kappa shape index (κ2) is 9.09. The molecule has 0 amide bonds. The highest BCUT2D eigenvalue weighted by Gasteiger charge is 2.08. The molecule has 1 heterocycles. The summed E-state index contributed by atoms with van der Waals surface area (Å²) < 4.78 is 0. The van der Waals surface area contributed by atoms with E-state index in [4.69, 9.17) is 5.73 Å². The molecule has 4 heteroatoms. The van der Waals surface area contributed by atoms with Crippen molar-refractivity contribution < 1.29 is 0 Å².